The lowest BCUT2D eigenvalue weighted by atomic mass is 10.1. The Kier molecular flexibility index (Phi) is 7.55. The zero-order valence-corrected chi connectivity index (χ0v) is 18.4. The number of aryl methyl sites for hydroxylation is 2. The summed E-state index contributed by atoms with van der Waals surface area (Å²) in [5.41, 5.74) is 2.78. The molecule has 0 aromatic heterocycles. The maximum absolute atomic E-state index is 12.3. The third-order valence-electron chi connectivity index (χ3n) is 4.79. The minimum atomic E-state index is -3.67. The molecule has 162 valence electrons. The molecule has 8 nitrogen and oxygen atoms in total. The van der Waals surface area contributed by atoms with Gasteiger partial charge in [0.2, 0.25) is 15.9 Å². The minimum absolute atomic E-state index is 0.0488. The number of nitrogens with one attached hydrogen (secondary N) is 1. The molecule has 0 spiro atoms. The molecule has 0 bridgehead atoms. The first kappa shape index (κ1) is 23.3. The Labute approximate surface area is 177 Å². The van der Waals surface area contributed by atoms with Crippen molar-refractivity contribution in [3.63, 3.8) is 0 Å². The van der Waals surface area contributed by atoms with Gasteiger partial charge in [0.05, 0.1) is 22.9 Å². The quantitative estimate of drug-likeness (QED) is 0.480. The maximum Gasteiger partial charge on any atom is 0.271 e. The monoisotopic (exact) mass is 433 g/mol. The van der Waals surface area contributed by atoms with Crippen molar-refractivity contribution in [3.8, 4) is 0 Å². The first-order valence-corrected chi connectivity index (χ1v) is 11.4. The van der Waals surface area contributed by atoms with Crippen molar-refractivity contribution in [2.24, 2.45) is 0 Å². The van der Waals surface area contributed by atoms with Crippen LogP contribution < -0.4 is 9.62 Å². The van der Waals surface area contributed by atoms with Crippen LogP contribution >= 0.6 is 0 Å². The summed E-state index contributed by atoms with van der Waals surface area (Å²) < 4.78 is 25.7. The van der Waals surface area contributed by atoms with E-state index < -0.39 is 14.9 Å². The first-order valence-electron chi connectivity index (χ1n) is 9.57. The molecule has 0 saturated carbocycles. The average Bonchev–Trinajstić information content (AvgIpc) is 2.65. The molecular weight excluding hydrogens is 406 g/mol. The molecular formula is C21H27N3O5S. The van der Waals surface area contributed by atoms with E-state index in [-0.39, 0.29) is 42.7 Å². The predicted octanol–water partition coefficient (Wildman–Crippen LogP) is 3.64. The van der Waals surface area contributed by atoms with E-state index in [1.165, 1.54) is 18.2 Å². The molecule has 1 N–H and O–H groups in total. The summed E-state index contributed by atoms with van der Waals surface area (Å²) in [6, 6.07) is 11.8. The summed E-state index contributed by atoms with van der Waals surface area (Å²) in [6.07, 6.45) is 1.46. The van der Waals surface area contributed by atoms with Crippen molar-refractivity contribution in [2.75, 3.05) is 17.1 Å². The number of anilines is 1. The van der Waals surface area contributed by atoms with Crippen LogP contribution in [0.3, 0.4) is 0 Å². The molecule has 2 aromatic carbocycles. The molecule has 0 aliphatic carbocycles. The van der Waals surface area contributed by atoms with E-state index in [1.807, 2.05) is 38.1 Å². The fraction of sp³-hybridized carbons (Fsp3) is 0.381. The number of nitrogens with zero attached hydrogens (tertiary/aromatic N) is 2. The van der Waals surface area contributed by atoms with Gasteiger partial charge in [-0.05, 0) is 38.3 Å². The Balaban J connectivity index is 2.04. The van der Waals surface area contributed by atoms with Gasteiger partial charge in [0.25, 0.3) is 5.69 Å². The van der Waals surface area contributed by atoms with Gasteiger partial charge >= 0.3 is 0 Å². The van der Waals surface area contributed by atoms with E-state index in [0.29, 0.717) is 5.56 Å². The van der Waals surface area contributed by atoms with E-state index in [9.17, 15) is 23.3 Å². The summed E-state index contributed by atoms with van der Waals surface area (Å²) in [7, 11) is -3.67. The molecule has 0 fully saturated rings. The summed E-state index contributed by atoms with van der Waals surface area (Å²) in [4.78, 5) is 22.8. The summed E-state index contributed by atoms with van der Waals surface area (Å²) >= 11 is 0. The van der Waals surface area contributed by atoms with Crippen molar-refractivity contribution in [2.45, 2.75) is 39.7 Å². The fourth-order valence-corrected chi connectivity index (χ4v) is 4.10. The smallest absolute Gasteiger partial charge is 0.271 e. The molecule has 2 aromatic rings. The second-order valence-corrected chi connectivity index (χ2v) is 9.27. The van der Waals surface area contributed by atoms with Gasteiger partial charge < -0.3 is 5.32 Å². The molecule has 2 rings (SSSR count). The van der Waals surface area contributed by atoms with Gasteiger partial charge in [-0.3, -0.25) is 19.2 Å². The normalized spacial score (nSPS) is 12.3. The van der Waals surface area contributed by atoms with Gasteiger partial charge in [-0.1, -0.05) is 35.9 Å². The van der Waals surface area contributed by atoms with Crippen molar-refractivity contribution in [1.82, 2.24) is 5.32 Å². The standard InChI is InChI=1S/C21H27N3O5S/c1-15-7-10-18(11-8-15)17(3)22-21(25)6-5-13-23(30(4,28)29)20-14-19(24(26)27)12-9-16(20)2/h7-12,14,17H,5-6,13H2,1-4H3,(H,22,25)/t17-/m1/s1. The van der Waals surface area contributed by atoms with E-state index in [4.69, 9.17) is 0 Å². The average molecular weight is 434 g/mol. The lowest BCUT2D eigenvalue weighted by Gasteiger charge is -2.24. The van der Waals surface area contributed by atoms with Crippen LogP contribution in [0.15, 0.2) is 42.5 Å². The van der Waals surface area contributed by atoms with Crippen LogP contribution in [0.4, 0.5) is 11.4 Å². The number of sulfonamides is 1. The van der Waals surface area contributed by atoms with Crippen LogP contribution in [0.25, 0.3) is 0 Å². The highest BCUT2D eigenvalue weighted by molar-refractivity contribution is 7.92. The van der Waals surface area contributed by atoms with Crippen LogP contribution in [0.2, 0.25) is 0 Å². The number of non-ortho nitro benzene ring substituents is 1. The largest absolute Gasteiger partial charge is 0.350 e. The van der Waals surface area contributed by atoms with Gasteiger partial charge in [-0.2, -0.15) is 0 Å². The summed E-state index contributed by atoms with van der Waals surface area (Å²) in [5.74, 6) is -0.188. The highest BCUT2D eigenvalue weighted by Gasteiger charge is 2.22. The lowest BCUT2D eigenvalue weighted by molar-refractivity contribution is -0.384. The third kappa shape index (κ3) is 6.28. The molecule has 0 aliphatic heterocycles. The van der Waals surface area contributed by atoms with Crippen molar-refractivity contribution < 1.29 is 18.1 Å². The molecule has 30 heavy (non-hydrogen) atoms. The van der Waals surface area contributed by atoms with Crippen LogP contribution in [-0.2, 0) is 14.8 Å². The van der Waals surface area contributed by atoms with Crippen LogP contribution in [0.1, 0.15) is 42.5 Å². The Morgan fingerprint density at radius 3 is 2.37 bits per heavy atom. The molecule has 0 radical (unpaired) electrons. The summed E-state index contributed by atoms with van der Waals surface area (Å²) in [6.45, 7) is 5.61. The molecule has 1 atom stereocenters. The second-order valence-electron chi connectivity index (χ2n) is 7.37. The Bertz CT molecular complexity index is 1020. The second kappa shape index (κ2) is 9.71. The number of nitro groups is 1. The van der Waals surface area contributed by atoms with E-state index in [1.54, 1.807) is 6.92 Å². The fourth-order valence-electron chi connectivity index (χ4n) is 3.08. The SMILES string of the molecule is Cc1ccc([C@@H](C)NC(=O)CCCN(c2cc([N+](=O)[O-])ccc2C)S(C)(=O)=O)cc1. The van der Waals surface area contributed by atoms with Gasteiger partial charge in [0.15, 0.2) is 0 Å². The molecule has 0 aliphatic rings. The molecule has 0 heterocycles. The predicted molar refractivity (Wildman–Crippen MR) is 117 cm³/mol. The van der Waals surface area contributed by atoms with Crippen LogP contribution in [-0.4, -0.2) is 32.0 Å². The van der Waals surface area contributed by atoms with Crippen molar-refractivity contribution in [3.05, 3.63) is 69.3 Å². The van der Waals surface area contributed by atoms with E-state index in [2.05, 4.69) is 5.32 Å². The molecule has 0 saturated heterocycles. The summed E-state index contributed by atoms with van der Waals surface area (Å²) in [5, 5.41) is 14.0. The number of benzene rings is 2. The van der Waals surface area contributed by atoms with Gasteiger partial charge in [-0.15, -0.1) is 0 Å². The minimum Gasteiger partial charge on any atom is -0.350 e. The van der Waals surface area contributed by atoms with Crippen LogP contribution in [0, 0.1) is 24.0 Å². The molecule has 9 heteroatoms. The molecule has 1 amide bonds. The Morgan fingerprint density at radius 2 is 1.80 bits per heavy atom. The number of nitro benzene ring substituents is 1. The van der Waals surface area contributed by atoms with Crippen molar-refractivity contribution >= 4 is 27.3 Å². The third-order valence-corrected chi connectivity index (χ3v) is 5.97. The highest BCUT2D eigenvalue weighted by Crippen LogP contribution is 2.27. The topological polar surface area (TPSA) is 110 Å². The lowest BCUT2D eigenvalue weighted by Crippen LogP contribution is -2.33. The number of carbonyl (C=O) groups excluding carboxylic acids is 1. The van der Waals surface area contributed by atoms with E-state index >= 15 is 0 Å². The number of hydrogen-bond acceptors (Lipinski definition) is 5. The number of amides is 1. The van der Waals surface area contributed by atoms with Crippen LogP contribution in [0.5, 0.6) is 0 Å². The highest BCUT2D eigenvalue weighted by atomic mass is 32.2. The van der Waals surface area contributed by atoms with Gasteiger partial charge in [0, 0.05) is 25.1 Å². The Hall–Kier alpha value is -2.94. The van der Waals surface area contributed by atoms with Gasteiger partial charge in [0.1, 0.15) is 0 Å². The number of hydrogen-bond donors (Lipinski definition) is 1. The zero-order valence-electron chi connectivity index (χ0n) is 17.6. The first-order chi connectivity index (χ1) is 14.0. The zero-order chi connectivity index (χ0) is 22.5. The Morgan fingerprint density at radius 1 is 1.17 bits per heavy atom. The van der Waals surface area contributed by atoms with E-state index in [0.717, 1.165) is 21.7 Å². The number of rotatable bonds is 9. The van der Waals surface area contributed by atoms with Gasteiger partial charge in [-0.25, -0.2) is 8.42 Å². The number of carbonyl (C=O) groups is 1. The maximum atomic E-state index is 12.3. The molecule has 0 unspecified atom stereocenters. The van der Waals surface area contributed by atoms with Crippen molar-refractivity contribution in [1.29, 1.82) is 0 Å².